The van der Waals surface area contributed by atoms with E-state index in [0.29, 0.717) is 10.7 Å². The van der Waals surface area contributed by atoms with Crippen LogP contribution in [0.25, 0.3) is 0 Å². The number of ether oxygens (including phenoxy) is 2. The molecule has 0 atom stereocenters. The molecule has 0 bridgehead atoms. The van der Waals surface area contributed by atoms with Crippen LogP contribution in [0.3, 0.4) is 0 Å². The Morgan fingerprint density at radius 1 is 1.10 bits per heavy atom. The van der Waals surface area contributed by atoms with Gasteiger partial charge in [-0.2, -0.15) is 0 Å². The van der Waals surface area contributed by atoms with Gasteiger partial charge in [-0.25, -0.2) is 9.18 Å². The Hall–Kier alpha value is -2.68. The fourth-order valence-corrected chi connectivity index (χ4v) is 3.14. The maximum absolute atomic E-state index is 14.7. The first-order valence-corrected chi connectivity index (χ1v) is 8.91. The summed E-state index contributed by atoms with van der Waals surface area (Å²) in [7, 11) is 5.45. The summed E-state index contributed by atoms with van der Waals surface area (Å²) < 4.78 is 25.9. The van der Waals surface area contributed by atoms with Crippen molar-refractivity contribution in [3.63, 3.8) is 0 Å². The van der Waals surface area contributed by atoms with E-state index in [1.54, 1.807) is 18.2 Å². The summed E-state index contributed by atoms with van der Waals surface area (Å²) in [5, 5.41) is 9.34. The number of amides is 2. The fourth-order valence-electron chi connectivity index (χ4n) is 2.97. The molecule has 156 valence electrons. The van der Waals surface area contributed by atoms with E-state index in [4.69, 9.17) is 26.2 Å². The van der Waals surface area contributed by atoms with E-state index in [1.807, 2.05) is 0 Å². The molecule has 0 aliphatic heterocycles. The highest BCUT2D eigenvalue weighted by Crippen LogP contribution is 2.41. The second-order valence-electron chi connectivity index (χ2n) is 6.26. The van der Waals surface area contributed by atoms with E-state index in [2.05, 4.69) is 0 Å². The van der Waals surface area contributed by atoms with Crippen LogP contribution >= 0.6 is 11.6 Å². The number of hydrogen-bond donors (Lipinski definition) is 1. The summed E-state index contributed by atoms with van der Waals surface area (Å²) >= 11 is 6.18. The highest BCUT2D eigenvalue weighted by molar-refractivity contribution is 6.30. The van der Waals surface area contributed by atoms with Crippen LogP contribution in [0.2, 0.25) is 5.02 Å². The summed E-state index contributed by atoms with van der Waals surface area (Å²) in [6.07, 6.45) is -1.24. The number of rotatable bonds is 7. The van der Waals surface area contributed by atoms with Gasteiger partial charge in [0.2, 0.25) is 11.7 Å². The molecule has 0 saturated carbocycles. The number of carbonyl (C=O) groups excluding carboxylic acids is 1. The Morgan fingerprint density at radius 2 is 1.72 bits per heavy atom. The molecule has 0 aliphatic rings. The van der Waals surface area contributed by atoms with Gasteiger partial charge in [-0.3, -0.25) is 4.79 Å². The minimum Gasteiger partial charge on any atom is -0.465 e. The van der Waals surface area contributed by atoms with E-state index in [9.17, 15) is 14.0 Å². The lowest BCUT2D eigenvalue weighted by molar-refractivity contribution is -0.185. The quantitative estimate of drug-likeness (QED) is 0.688. The smallest absolute Gasteiger partial charge is 0.407 e. The van der Waals surface area contributed by atoms with Gasteiger partial charge in [0.25, 0.3) is 0 Å². The zero-order valence-electron chi connectivity index (χ0n) is 16.5. The lowest BCUT2D eigenvalue weighted by Gasteiger charge is -2.35. The van der Waals surface area contributed by atoms with Gasteiger partial charge >= 0.3 is 6.09 Å². The van der Waals surface area contributed by atoms with Crippen molar-refractivity contribution >= 4 is 29.3 Å². The average Bonchev–Trinajstić information content (AvgIpc) is 2.70. The van der Waals surface area contributed by atoms with Gasteiger partial charge < -0.3 is 24.4 Å². The maximum Gasteiger partial charge on any atom is 0.407 e. The van der Waals surface area contributed by atoms with Gasteiger partial charge in [0.1, 0.15) is 12.4 Å². The molecule has 0 aliphatic carbocycles. The van der Waals surface area contributed by atoms with E-state index in [1.165, 1.54) is 57.5 Å². The SMILES string of the molecule is COC(OC)(c1ccccc1F)c1cc(Cl)ccc1N(C)C(=O)CN(C)C(=O)O. The van der Waals surface area contributed by atoms with Crippen LogP contribution in [0.4, 0.5) is 14.9 Å². The monoisotopic (exact) mass is 424 g/mol. The minimum atomic E-state index is -1.70. The second kappa shape index (κ2) is 9.21. The second-order valence-corrected chi connectivity index (χ2v) is 6.69. The molecule has 7 nitrogen and oxygen atoms in total. The normalized spacial score (nSPS) is 11.2. The molecule has 2 aromatic rings. The van der Waals surface area contributed by atoms with Crippen molar-refractivity contribution in [2.75, 3.05) is 39.8 Å². The predicted octanol–water partition coefficient (Wildman–Crippen LogP) is 3.55. The van der Waals surface area contributed by atoms with E-state index in [-0.39, 0.29) is 17.7 Å². The van der Waals surface area contributed by atoms with Crippen LogP contribution in [0.1, 0.15) is 11.1 Å². The van der Waals surface area contributed by atoms with Gasteiger partial charge in [-0.15, -0.1) is 0 Å². The Morgan fingerprint density at radius 3 is 2.28 bits per heavy atom. The van der Waals surface area contributed by atoms with Crippen molar-refractivity contribution in [3.05, 3.63) is 64.4 Å². The topological polar surface area (TPSA) is 79.3 Å². The fraction of sp³-hybridized carbons (Fsp3) is 0.300. The summed E-state index contributed by atoms with van der Waals surface area (Å²) in [4.78, 5) is 25.8. The molecule has 1 N–H and O–H groups in total. The molecule has 0 heterocycles. The Labute approximate surface area is 173 Å². The van der Waals surface area contributed by atoms with Crippen LogP contribution < -0.4 is 4.90 Å². The lowest BCUT2D eigenvalue weighted by atomic mass is 9.94. The van der Waals surface area contributed by atoms with Crippen molar-refractivity contribution in [2.45, 2.75) is 5.79 Å². The molecular formula is C20H22ClFN2O5. The molecular weight excluding hydrogens is 403 g/mol. The molecule has 0 fully saturated rings. The molecule has 0 saturated heterocycles. The van der Waals surface area contributed by atoms with Gasteiger partial charge in [0.05, 0.1) is 11.3 Å². The first-order chi connectivity index (χ1) is 13.7. The van der Waals surface area contributed by atoms with Crippen molar-refractivity contribution in [3.8, 4) is 0 Å². The first kappa shape index (κ1) is 22.6. The number of carbonyl (C=O) groups is 2. The summed E-state index contributed by atoms with van der Waals surface area (Å²) in [5.41, 5.74) is 0.705. The molecule has 0 spiro atoms. The van der Waals surface area contributed by atoms with E-state index < -0.39 is 23.6 Å². The first-order valence-electron chi connectivity index (χ1n) is 8.53. The third-order valence-corrected chi connectivity index (χ3v) is 4.79. The molecule has 2 rings (SSSR count). The molecule has 0 radical (unpaired) electrons. The number of anilines is 1. The molecule has 9 heteroatoms. The third-order valence-electron chi connectivity index (χ3n) is 4.55. The van der Waals surface area contributed by atoms with Gasteiger partial charge in [0.15, 0.2) is 0 Å². The van der Waals surface area contributed by atoms with Gasteiger partial charge in [-0.05, 0) is 24.3 Å². The number of hydrogen-bond acceptors (Lipinski definition) is 4. The van der Waals surface area contributed by atoms with Gasteiger partial charge in [-0.1, -0.05) is 29.8 Å². The van der Waals surface area contributed by atoms with E-state index >= 15 is 0 Å². The number of carboxylic acid groups (broad SMARTS) is 1. The van der Waals surface area contributed by atoms with Crippen molar-refractivity contribution in [2.24, 2.45) is 0 Å². The van der Waals surface area contributed by atoms with Crippen LogP contribution in [-0.4, -0.2) is 56.9 Å². The number of nitrogens with zero attached hydrogens (tertiary/aromatic N) is 2. The predicted molar refractivity (Wildman–Crippen MR) is 107 cm³/mol. The number of benzene rings is 2. The Balaban J connectivity index is 2.63. The molecule has 2 aromatic carbocycles. The Bertz CT molecular complexity index is 904. The van der Waals surface area contributed by atoms with Crippen LogP contribution in [0, 0.1) is 5.82 Å². The maximum atomic E-state index is 14.7. The summed E-state index contributed by atoms with van der Waals surface area (Å²) in [6.45, 7) is -0.374. The van der Waals surface area contributed by atoms with Crippen molar-refractivity contribution in [1.82, 2.24) is 4.90 Å². The lowest BCUT2D eigenvalue weighted by Crippen LogP contribution is -2.41. The number of halogens is 2. The van der Waals surface area contributed by atoms with Crippen LogP contribution in [0.5, 0.6) is 0 Å². The standard InChI is InChI=1S/C20H22ClFN2O5/c1-23(19(26)27)12-18(25)24(2)17-10-9-13(21)11-15(17)20(28-3,29-4)14-7-5-6-8-16(14)22/h5-11H,12H2,1-4H3,(H,26,27). The number of likely N-dealkylation sites (N-methyl/N-ethyl adjacent to an activating group) is 2. The molecule has 29 heavy (non-hydrogen) atoms. The summed E-state index contributed by atoms with van der Waals surface area (Å²) in [5.74, 6) is -2.77. The van der Waals surface area contributed by atoms with Crippen LogP contribution in [0.15, 0.2) is 42.5 Å². The zero-order valence-corrected chi connectivity index (χ0v) is 17.2. The van der Waals surface area contributed by atoms with Crippen molar-refractivity contribution < 1.29 is 28.6 Å². The van der Waals surface area contributed by atoms with Crippen molar-refractivity contribution in [1.29, 1.82) is 0 Å². The highest BCUT2D eigenvalue weighted by atomic mass is 35.5. The number of methoxy groups -OCH3 is 2. The molecule has 0 unspecified atom stereocenters. The Kier molecular flexibility index (Phi) is 7.18. The minimum absolute atomic E-state index is 0.0945. The third kappa shape index (κ3) is 4.50. The van der Waals surface area contributed by atoms with Crippen LogP contribution in [-0.2, 0) is 20.1 Å². The van der Waals surface area contributed by atoms with Gasteiger partial charge in [0, 0.05) is 38.9 Å². The largest absolute Gasteiger partial charge is 0.465 e. The summed E-state index contributed by atoms with van der Waals surface area (Å²) in [6, 6.07) is 10.6. The van der Waals surface area contributed by atoms with E-state index in [0.717, 1.165) is 4.90 Å². The highest BCUT2D eigenvalue weighted by Gasteiger charge is 2.40. The zero-order chi connectivity index (χ0) is 21.8. The molecule has 2 amide bonds. The average molecular weight is 425 g/mol. The molecule has 0 aromatic heterocycles.